The van der Waals surface area contributed by atoms with Crippen LogP contribution in [0.3, 0.4) is 0 Å². The molecule has 2 aromatic carbocycles. The molecule has 134 valence electrons. The summed E-state index contributed by atoms with van der Waals surface area (Å²) in [5, 5.41) is 5.22. The van der Waals surface area contributed by atoms with Crippen molar-refractivity contribution in [2.24, 2.45) is 0 Å². The second-order valence-electron chi connectivity index (χ2n) is 5.96. The van der Waals surface area contributed by atoms with E-state index in [1.165, 1.54) is 23.5 Å². The second-order valence-corrected chi connectivity index (χ2v) is 7.27. The molecular weight excluding hydrogens is 373 g/mol. The van der Waals surface area contributed by atoms with Crippen molar-refractivity contribution in [2.45, 2.75) is 20.5 Å². The minimum Gasteiger partial charge on any atom is -0.487 e. The van der Waals surface area contributed by atoms with E-state index < -0.39 is 0 Å². The van der Waals surface area contributed by atoms with Gasteiger partial charge in [0.1, 0.15) is 18.2 Å². The first-order valence-electron chi connectivity index (χ1n) is 7.96. The summed E-state index contributed by atoms with van der Waals surface area (Å²) in [5.74, 6) is 0.0567. The van der Waals surface area contributed by atoms with Crippen molar-refractivity contribution in [3.63, 3.8) is 0 Å². The van der Waals surface area contributed by atoms with Gasteiger partial charge in [0.2, 0.25) is 0 Å². The maximum atomic E-state index is 13.2. The van der Waals surface area contributed by atoms with Crippen molar-refractivity contribution >= 4 is 34.5 Å². The molecule has 0 unspecified atom stereocenters. The third-order valence-electron chi connectivity index (χ3n) is 3.80. The average Bonchev–Trinajstić information content (AvgIpc) is 3.07. The fourth-order valence-electron chi connectivity index (χ4n) is 2.40. The van der Waals surface area contributed by atoms with Crippen molar-refractivity contribution in [1.29, 1.82) is 0 Å². The number of nitrogens with one attached hydrogen (secondary N) is 1. The van der Waals surface area contributed by atoms with Crippen LogP contribution < -0.4 is 10.1 Å². The maximum Gasteiger partial charge on any atom is 0.265 e. The highest BCUT2D eigenvalue weighted by atomic mass is 35.5. The zero-order valence-corrected chi connectivity index (χ0v) is 15.9. The van der Waals surface area contributed by atoms with Gasteiger partial charge in [0.05, 0.1) is 9.90 Å². The van der Waals surface area contributed by atoms with Crippen molar-refractivity contribution in [1.82, 2.24) is 0 Å². The summed E-state index contributed by atoms with van der Waals surface area (Å²) in [6, 6.07) is 11.6. The van der Waals surface area contributed by atoms with Gasteiger partial charge in [-0.15, -0.1) is 11.3 Å². The quantitative estimate of drug-likeness (QED) is 0.582. The van der Waals surface area contributed by atoms with E-state index in [1.807, 2.05) is 24.4 Å². The molecule has 3 rings (SSSR count). The predicted molar refractivity (Wildman–Crippen MR) is 104 cm³/mol. The Morgan fingerprint density at radius 1 is 1.19 bits per heavy atom. The maximum absolute atomic E-state index is 13.2. The monoisotopic (exact) mass is 389 g/mol. The first-order valence-corrected chi connectivity index (χ1v) is 9.22. The minimum absolute atomic E-state index is 0.232. The van der Waals surface area contributed by atoms with Crippen molar-refractivity contribution in [3.8, 4) is 5.75 Å². The van der Waals surface area contributed by atoms with E-state index in [-0.39, 0.29) is 11.7 Å². The second kappa shape index (κ2) is 7.89. The van der Waals surface area contributed by atoms with Gasteiger partial charge in [-0.1, -0.05) is 17.7 Å². The number of amides is 1. The lowest BCUT2D eigenvalue weighted by molar-refractivity contribution is 0.103. The summed E-state index contributed by atoms with van der Waals surface area (Å²) in [5.41, 5.74) is 3.21. The fourth-order valence-corrected chi connectivity index (χ4v) is 3.37. The van der Waals surface area contributed by atoms with Crippen LogP contribution in [0.5, 0.6) is 5.75 Å². The minimum atomic E-state index is -0.328. The van der Waals surface area contributed by atoms with Crippen LogP contribution in [0.2, 0.25) is 5.02 Å². The van der Waals surface area contributed by atoms with Gasteiger partial charge in [-0.05, 0) is 66.8 Å². The Hall–Kier alpha value is -2.37. The standard InChI is InChI=1S/C20H17ClFNO2S/c1-12-3-5-16(21)18(7-12)25-10-14-9-19(26-11-14)20(24)23-17-6-4-15(22)8-13(17)2/h3-9,11H,10H2,1-2H3,(H,23,24). The number of hydrogen-bond acceptors (Lipinski definition) is 3. The summed E-state index contributed by atoms with van der Waals surface area (Å²) in [6.45, 7) is 4.04. The van der Waals surface area contributed by atoms with Crippen molar-refractivity contribution in [2.75, 3.05) is 5.32 Å². The van der Waals surface area contributed by atoms with Crippen LogP contribution in [-0.2, 0) is 6.61 Å². The number of ether oxygens (including phenoxy) is 1. The Labute approximate surface area is 160 Å². The van der Waals surface area contributed by atoms with E-state index in [1.54, 1.807) is 25.1 Å². The SMILES string of the molecule is Cc1ccc(Cl)c(OCc2csc(C(=O)Nc3ccc(F)cc3C)c2)c1. The van der Waals surface area contributed by atoms with Crippen LogP contribution in [0, 0.1) is 19.7 Å². The highest BCUT2D eigenvalue weighted by molar-refractivity contribution is 7.12. The van der Waals surface area contributed by atoms with Crippen LogP contribution in [0.25, 0.3) is 0 Å². The van der Waals surface area contributed by atoms with E-state index in [0.717, 1.165) is 11.1 Å². The van der Waals surface area contributed by atoms with Gasteiger partial charge in [-0.25, -0.2) is 4.39 Å². The lowest BCUT2D eigenvalue weighted by Crippen LogP contribution is -2.11. The number of benzene rings is 2. The molecule has 6 heteroatoms. The molecule has 0 fully saturated rings. The molecular formula is C20H17ClFNO2S. The van der Waals surface area contributed by atoms with Gasteiger partial charge in [0.25, 0.3) is 5.91 Å². The number of aryl methyl sites for hydroxylation is 2. The molecule has 1 N–H and O–H groups in total. The van der Waals surface area contributed by atoms with Gasteiger partial charge in [-0.2, -0.15) is 0 Å². The number of halogens is 2. The predicted octanol–water partition coefficient (Wildman–Crippen LogP) is 5.99. The largest absolute Gasteiger partial charge is 0.487 e. The van der Waals surface area contributed by atoms with E-state index in [2.05, 4.69) is 5.32 Å². The number of carbonyl (C=O) groups excluding carboxylic acids is 1. The molecule has 0 atom stereocenters. The molecule has 0 aliphatic rings. The molecule has 0 radical (unpaired) electrons. The Morgan fingerprint density at radius 3 is 2.77 bits per heavy atom. The van der Waals surface area contributed by atoms with Crippen molar-refractivity contribution in [3.05, 3.63) is 80.3 Å². The van der Waals surface area contributed by atoms with Gasteiger partial charge in [-0.3, -0.25) is 4.79 Å². The Bertz CT molecular complexity index is 955. The summed E-state index contributed by atoms with van der Waals surface area (Å²) < 4.78 is 18.9. The third-order valence-corrected chi connectivity index (χ3v) is 5.09. The first kappa shape index (κ1) is 18.4. The molecule has 26 heavy (non-hydrogen) atoms. The van der Waals surface area contributed by atoms with Crippen LogP contribution in [0.4, 0.5) is 10.1 Å². The van der Waals surface area contributed by atoms with Crippen LogP contribution in [0.1, 0.15) is 26.4 Å². The summed E-state index contributed by atoms with van der Waals surface area (Å²) in [6.07, 6.45) is 0. The van der Waals surface area contributed by atoms with Crippen molar-refractivity contribution < 1.29 is 13.9 Å². The Kier molecular flexibility index (Phi) is 5.59. The number of carbonyl (C=O) groups is 1. The molecule has 1 heterocycles. The van der Waals surface area contributed by atoms with E-state index in [4.69, 9.17) is 16.3 Å². The highest BCUT2D eigenvalue weighted by Gasteiger charge is 2.12. The van der Waals surface area contributed by atoms with Gasteiger partial charge in [0.15, 0.2) is 0 Å². The normalized spacial score (nSPS) is 10.6. The third kappa shape index (κ3) is 4.42. The first-order chi connectivity index (χ1) is 12.4. The number of hydrogen-bond donors (Lipinski definition) is 1. The van der Waals surface area contributed by atoms with Crippen LogP contribution in [0.15, 0.2) is 47.8 Å². The average molecular weight is 390 g/mol. The van der Waals surface area contributed by atoms with Gasteiger partial charge in [0, 0.05) is 11.3 Å². The molecule has 0 spiro atoms. The van der Waals surface area contributed by atoms with Gasteiger partial charge >= 0.3 is 0 Å². The topological polar surface area (TPSA) is 38.3 Å². The number of rotatable bonds is 5. The smallest absolute Gasteiger partial charge is 0.265 e. The molecule has 3 nitrogen and oxygen atoms in total. The molecule has 1 aromatic heterocycles. The Morgan fingerprint density at radius 2 is 2.00 bits per heavy atom. The van der Waals surface area contributed by atoms with Crippen LogP contribution in [-0.4, -0.2) is 5.91 Å². The molecule has 0 bridgehead atoms. The van der Waals surface area contributed by atoms with Crippen LogP contribution >= 0.6 is 22.9 Å². The Balaban J connectivity index is 1.65. The van der Waals surface area contributed by atoms with E-state index in [9.17, 15) is 9.18 Å². The molecule has 0 aliphatic heterocycles. The van der Waals surface area contributed by atoms with E-state index >= 15 is 0 Å². The molecule has 0 aliphatic carbocycles. The highest BCUT2D eigenvalue weighted by Crippen LogP contribution is 2.27. The molecule has 0 saturated heterocycles. The van der Waals surface area contributed by atoms with Gasteiger partial charge < -0.3 is 10.1 Å². The fraction of sp³-hybridized carbons (Fsp3) is 0.150. The zero-order valence-electron chi connectivity index (χ0n) is 14.3. The lowest BCUT2D eigenvalue weighted by Gasteiger charge is -2.08. The molecule has 0 saturated carbocycles. The number of anilines is 1. The summed E-state index contributed by atoms with van der Waals surface area (Å²) >= 11 is 7.45. The lowest BCUT2D eigenvalue weighted by atomic mass is 10.2. The molecule has 3 aromatic rings. The van der Waals surface area contributed by atoms with E-state index in [0.29, 0.717) is 33.5 Å². The zero-order chi connectivity index (χ0) is 18.7. The summed E-state index contributed by atoms with van der Waals surface area (Å²) in [4.78, 5) is 12.9. The number of thiophene rings is 1. The molecule has 1 amide bonds. The summed E-state index contributed by atoms with van der Waals surface area (Å²) in [7, 11) is 0.